The van der Waals surface area contributed by atoms with Crippen molar-refractivity contribution in [3.63, 3.8) is 0 Å². The fourth-order valence-electron chi connectivity index (χ4n) is 5.02. The second kappa shape index (κ2) is 11.5. The van der Waals surface area contributed by atoms with E-state index in [1.165, 1.54) is 5.69 Å². The van der Waals surface area contributed by atoms with Crippen LogP contribution in [0.25, 0.3) is 11.3 Å². The van der Waals surface area contributed by atoms with Gasteiger partial charge < -0.3 is 15.7 Å². The van der Waals surface area contributed by atoms with Crippen LogP contribution in [0.3, 0.4) is 0 Å². The molecule has 2 aromatic carbocycles. The number of allylic oxidation sites excluding steroid dienone is 1. The molecule has 7 heteroatoms. The Kier molecular flexibility index (Phi) is 7.73. The Morgan fingerprint density at radius 1 is 0.973 bits per heavy atom. The molecule has 0 bridgehead atoms. The van der Waals surface area contributed by atoms with E-state index in [9.17, 15) is 4.79 Å². The number of aromatic nitrogens is 1. The highest BCUT2D eigenvalue weighted by Gasteiger charge is 2.20. The van der Waals surface area contributed by atoms with Crippen molar-refractivity contribution < 1.29 is 9.90 Å². The first kappa shape index (κ1) is 24.9. The van der Waals surface area contributed by atoms with E-state index in [0.29, 0.717) is 12.1 Å². The summed E-state index contributed by atoms with van der Waals surface area (Å²) in [4.78, 5) is 25.8. The molecular formula is C30H33N5O2. The quantitative estimate of drug-likeness (QED) is 0.460. The first-order valence-corrected chi connectivity index (χ1v) is 12.9. The summed E-state index contributed by atoms with van der Waals surface area (Å²) in [5.41, 5.74) is 13.8. The first-order valence-electron chi connectivity index (χ1n) is 12.9. The van der Waals surface area contributed by atoms with Gasteiger partial charge in [0.1, 0.15) is 0 Å². The minimum absolute atomic E-state index is 0.203. The molecule has 1 fully saturated rings. The van der Waals surface area contributed by atoms with Gasteiger partial charge in [-0.25, -0.2) is 0 Å². The number of aliphatic hydroxyl groups is 1. The molecule has 3 aromatic rings. The normalized spacial score (nSPS) is 16.8. The van der Waals surface area contributed by atoms with Crippen molar-refractivity contribution >= 4 is 34.6 Å². The average Bonchev–Trinajstić information content (AvgIpc) is 3.33. The van der Waals surface area contributed by atoms with Gasteiger partial charge in [0.15, 0.2) is 5.78 Å². The van der Waals surface area contributed by atoms with Crippen molar-refractivity contribution in [1.29, 1.82) is 0 Å². The third kappa shape index (κ3) is 5.79. The Hall–Kier alpha value is -3.81. The van der Waals surface area contributed by atoms with Gasteiger partial charge in [0.2, 0.25) is 0 Å². The summed E-state index contributed by atoms with van der Waals surface area (Å²) in [6.07, 6.45) is 7.43. The number of carbonyl (C=O) groups excluding carboxylic acids is 1. The highest BCUT2D eigenvalue weighted by atomic mass is 16.3. The number of aliphatic imine (C=N–C) groups is 1. The van der Waals surface area contributed by atoms with Crippen LogP contribution in [-0.2, 0) is 6.42 Å². The largest absolute Gasteiger partial charge is 0.398 e. The molecule has 1 aliphatic heterocycles. The number of ketones is 1. The van der Waals surface area contributed by atoms with Crippen molar-refractivity contribution in [3.05, 3.63) is 89.2 Å². The molecule has 0 saturated carbocycles. The highest BCUT2D eigenvalue weighted by Crippen LogP contribution is 2.29. The number of benzene rings is 2. The van der Waals surface area contributed by atoms with Crippen LogP contribution in [-0.4, -0.2) is 66.3 Å². The number of hydrogen-bond acceptors (Lipinski definition) is 7. The van der Waals surface area contributed by atoms with Crippen LogP contribution in [0.2, 0.25) is 0 Å². The standard InChI is InChI=1S/C30H33N5O2/c31-30(22-10-12-32-13-11-22)28(24-2-8-27-23(20-24)3-9-29(27)37)21-33-25-4-6-26(7-5-25)35-17-15-34(16-18-35)14-1-19-36/h2,4-8,10-13,20-21,36H,1,3,9,14-19,31H2. The molecule has 5 rings (SSSR count). The van der Waals surface area contributed by atoms with Gasteiger partial charge in [-0.15, -0.1) is 0 Å². The molecule has 0 amide bonds. The fraction of sp³-hybridized carbons (Fsp3) is 0.300. The van der Waals surface area contributed by atoms with E-state index < -0.39 is 0 Å². The zero-order valence-corrected chi connectivity index (χ0v) is 21.0. The lowest BCUT2D eigenvalue weighted by Crippen LogP contribution is -2.46. The van der Waals surface area contributed by atoms with Crippen LogP contribution in [0, 0.1) is 0 Å². The molecule has 0 radical (unpaired) electrons. The zero-order chi connectivity index (χ0) is 25.6. The lowest BCUT2D eigenvalue weighted by molar-refractivity contribution is 0.0994. The molecular weight excluding hydrogens is 462 g/mol. The number of nitrogens with two attached hydrogens (primary N) is 1. The number of fused-ring (bicyclic) bond motifs is 1. The molecule has 190 valence electrons. The average molecular weight is 496 g/mol. The number of Topliss-reactive ketones (excluding diaryl/α,β-unsaturated/α-hetero) is 1. The van der Waals surface area contributed by atoms with Crippen molar-refractivity contribution in [2.75, 3.05) is 44.2 Å². The number of carbonyl (C=O) groups is 1. The molecule has 1 aliphatic carbocycles. The first-order chi connectivity index (χ1) is 18.1. The molecule has 0 unspecified atom stereocenters. The molecule has 37 heavy (non-hydrogen) atoms. The van der Waals surface area contributed by atoms with Crippen molar-refractivity contribution in [2.45, 2.75) is 19.3 Å². The Morgan fingerprint density at radius 3 is 2.46 bits per heavy atom. The summed E-state index contributed by atoms with van der Waals surface area (Å²) in [6.45, 7) is 5.17. The monoisotopic (exact) mass is 495 g/mol. The van der Waals surface area contributed by atoms with Crippen LogP contribution in [0.5, 0.6) is 0 Å². The third-order valence-corrected chi connectivity index (χ3v) is 7.18. The van der Waals surface area contributed by atoms with Crippen molar-refractivity contribution in [3.8, 4) is 0 Å². The van der Waals surface area contributed by atoms with Gasteiger partial charge in [-0.3, -0.25) is 19.7 Å². The Bertz CT molecular complexity index is 1290. The lowest BCUT2D eigenvalue weighted by Gasteiger charge is -2.36. The maximum atomic E-state index is 12.1. The van der Waals surface area contributed by atoms with Crippen LogP contribution >= 0.6 is 0 Å². The number of anilines is 1. The van der Waals surface area contributed by atoms with Crippen molar-refractivity contribution in [1.82, 2.24) is 9.88 Å². The van der Waals surface area contributed by atoms with Crippen LogP contribution < -0.4 is 10.6 Å². The van der Waals surface area contributed by atoms with Gasteiger partial charge in [0.05, 0.1) is 5.69 Å². The summed E-state index contributed by atoms with van der Waals surface area (Å²) in [6, 6.07) is 18.0. The number of aryl methyl sites for hydroxylation is 1. The second-order valence-corrected chi connectivity index (χ2v) is 9.54. The molecule has 7 nitrogen and oxygen atoms in total. The van der Waals surface area contributed by atoms with Crippen LogP contribution in [0.15, 0.2) is 72.0 Å². The molecule has 0 atom stereocenters. The topological polar surface area (TPSA) is 95.0 Å². The Morgan fingerprint density at radius 2 is 1.73 bits per heavy atom. The highest BCUT2D eigenvalue weighted by molar-refractivity contribution is 6.19. The number of piperazine rings is 1. The number of aliphatic hydroxyl groups excluding tert-OH is 1. The predicted octanol–water partition coefficient (Wildman–Crippen LogP) is 3.94. The second-order valence-electron chi connectivity index (χ2n) is 9.54. The van der Waals surface area contributed by atoms with E-state index in [2.05, 4.69) is 33.0 Å². The summed E-state index contributed by atoms with van der Waals surface area (Å²) < 4.78 is 0. The van der Waals surface area contributed by atoms with Gasteiger partial charge in [-0.2, -0.15) is 0 Å². The van der Waals surface area contributed by atoms with E-state index in [4.69, 9.17) is 15.8 Å². The smallest absolute Gasteiger partial charge is 0.163 e. The molecule has 1 saturated heterocycles. The maximum Gasteiger partial charge on any atom is 0.163 e. The fourth-order valence-corrected chi connectivity index (χ4v) is 5.02. The number of pyridine rings is 1. The Labute approximate surface area is 218 Å². The maximum absolute atomic E-state index is 12.1. The summed E-state index contributed by atoms with van der Waals surface area (Å²) in [5, 5.41) is 9.06. The summed E-state index contributed by atoms with van der Waals surface area (Å²) >= 11 is 0. The van der Waals surface area contributed by atoms with E-state index in [-0.39, 0.29) is 12.4 Å². The van der Waals surface area contributed by atoms with Gasteiger partial charge in [-0.05, 0) is 60.4 Å². The molecule has 2 aliphatic rings. The van der Waals surface area contributed by atoms with Crippen molar-refractivity contribution in [2.24, 2.45) is 10.7 Å². The zero-order valence-electron chi connectivity index (χ0n) is 21.0. The third-order valence-electron chi connectivity index (χ3n) is 7.18. The van der Waals surface area contributed by atoms with Gasteiger partial charge in [0.25, 0.3) is 0 Å². The number of nitrogens with zero attached hydrogens (tertiary/aromatic N) is 4. The SMILES string of the molecule is NC(=C(C=Nc1ccc(N2CCN(CCCO)CC2)cc1)c1ccc2c(c1)CCC2=O)c1ccncc1. The molecule has 1 aromatic heterocycles. The van der Waals surface area contributed by atoms with Crippen LogP contribution in [0.4, 0.5) is 11.4 Å². The number of rotatable bonds is 8. The van der Waals surface area contributed by atoms with Gasteiger partial charge in [-0.1, -0.05) is 18.2 Å². The Balaban J connectivity index is 1.36. The molecule has 2 heterocycles. The van der Waals surface area contributed by atoms with E-state index in [0.717, 1.165) is 79.1 Å². The molecule has 3 N–H and O–H groups in total. The lowest BCUT2D eigenvalue weighted by atomic mass is 9.97. The van der Waals surface area contributed by atoms with E-state index in [1.54, 1.807) is 12.4 Å². The minimum atomic E-state index is 0.203. The predicted molar refractivity (Wildman–Crippen MR) is 149 cm³/mol. The van der Waals surface area contributed by atoms with Crippen LogP contribution in [0.1, 0.15) is 39.9 Å². The summed E-state index contributed by atoms with van der Waals surface area (Å²) in [5.74, 6) is 0.203. The number of hydrogen-bond donors (Lipinski definition) is 2. The van der Waals surface area contributed by atoms with Gasteiger partial charge >= 0.3 is 0 Å². The van der Waals surface area contributed by atoms with E-state index in [1.807, 2.05) is 42.6 Å². The van der Waals surface area contributed by atoms with Gasteiger partial charge in [0, 0.05) is 92.4 Å². The van der Waals surface area contributed by atoms with E-state index >= 15 is 0 Å². The molecule has 0 spiro atoms. The summed E-state index contributed by atoms with van der Waals surface area (Å²) in [7, 11) is 0. The minimum Gasteiger partial charge on any atom is -0.398 e.